The molecule has 1 atom stereocenters. The molecule has 5 heteroatoms. The van der Waals surface area contributed by atoms with Gasteiger partial charge in [-0.25, -0.2) is 4.79 Å². The van der Waals surface area contributed by atoms with Crippen LogP contribution in [0.3, 0.4) is 0 Å². The number of rotatable bonds is 3. The average Bonchev–Trinajstić information content (AvgIpc) is 2.00. The van der Waals surface area contributed by atoms with Crippen LogP contribution < -0.4 is 0 Å². The fourth-order valence-electron chi connectivity index (χ4n) is 1.11. The van der Waals surface area contributed by atoms with Crippen LogP contribution >= 0.6 is 0 Å². The SMILES string of the molecule is CCC(C)OC(=O)N1CC(C(=O)O)C1. The van der Waals surface area contributed by atoms with E-state index in [1.165, 1.54) is 4.90 Å². The molecule has 0 saturated carbocycles. The van der Waals surface area contributed by atoms with Crippen molar-refractivity contribution >= 4 is 12.1 Å². The van der Waals surface area contributed by atoms with Crippen LogP contribution in [0.25, 0.3) is 0 Å². The van der Waals surface area contributed by atoms with E-state index in [1.54, 1.807) is 0 Å². The second-order valence-electron chi connectivity index (χ2n) is 3.54. The molecule has 1 amide bonds. The molecule has 0 spiro atoms. The predicted octanol–water partition coefficient (Wildman–Crippen LogP) is 0.938. The molecule has 5 nitrogen and oxygen atoms in total. The molecule has 0 radical (unpaired) electrons. The van der Waals surface area contributed by atoms with Crippen LogP contribution in [-0.4, -0.2) is 41.3 Å². The van der Waals surface area contributed by atoms with Gasteiger partial charge in [-0.3, -0.25) is 4.79 Å². The number of nitrogens with zero attached hydrogens (tertiary/aromatic N) is 1. The molecule has 1 saturated heterocycles. The Bertz CT molecular complexity index is 235. The lowest BCUT2D eigenvalue weighted by Crippen LogP contribution is -2.53. The molecule has 1 aliphatic rings. The molecule has 1 N–H and O–H groups in total. The number of carboxylic acids is 1. The third-order valence-electron chi connectivity index (χ3n) is 2.37. The minimum atomic E-state index is -0.849. The number of aliphatic carboxylic acids is 1. The van der Waals surface area contributed by atoms with Crippen molar-refractivity contribution < 1.29 is 19.4 Å². The Labute approximate surface area is 82.6 Å². The summed E-state index contributed by atoms with van der Waals surface area (Å²) in [6.07, 6.45) is 0.255. The number of hydrogen-bond acceptors (Lipinski definition) is 3. The summed E-state index contributed by atoms with van der Waals surface area (Å²) in [4.78, 5) is 23.1. The minimum Gasteiger partial charge on any atom is -0.481 e. The summed E-state index contributed by atoms with van der Waals surface area (Å²) >= 11 is 0. The van der Waals surface area contributed by atoms with E-state index < -0.39 is 18.0 Å². The van der Waals surface area contributed by atoms with Crippen LogP contribution in [-0.2, 0) is 9.53 Å². The maximum atomic E-state index is 11.3. The second-order valence-corrected chi connectivity index (χ2v) is 3.54. The first-order valence-corrected chi connectivity index (χ1v) is 4.73. The summed E-state index contributed by atoms with van der Waals surface area (Å²) in [6, 6.07) is 0. The van der Waals surface area contributed by atoms with Gasteiger partial charge in [0.15, 0.2) is 0 Å². The van der Waals surface area contributed by atoms with Gasteiger partial charge >= 0.3 is 12.1 Å². The van der Waals surface area contributed by atoms with E-state index in [2.05, 4.69) is 0 Å². The lowest BCUT2D eigenvalue weighted by atomic mass is 10.0. The maximum absolute atomic E-state index is 11.3. The zero-order valence-corrected chi connectivity index (χ0v) is 8.40. The van der Waals surface area contributed by atoms with Crippen molar-refractivity contribution in [3.8, 4) is 0 Å². The maximum Gasteiger partial charge on any atom is 0.410 e. The topological polar surface area (TPSA) is 66.8 Å². The van der Waals surface area contributed by atoms with Crippen molar-refractivity contribution in [2.24, 2.45) is 5.92 Å². The molecule has 1 unspecified atom stereocenters. The molecule has 1 heterocycles. The number of hydrogen-bond donors (Lipinski definition) is 1. The third-order valence-corrected chi connectivity index (χ3v) is 2.37. The van der Waals surface area contributed by atoms with Crippen LogP contribution in [0.1, 0.15) is 20.3 Å². The fourth-order valence-corrected chi connectivity index (χ4v) is 1.11. The summed E-state index contributed by atoms with van der Waals surface area (Å²) in [5.41, 5.74) is 0. The summed E-state index contributed by atoms with van der Waals surface area (Å²) in [7, 11) is 0. The highest BCUT2D eigenvalue weighted by Gasteiger charge is 2.36. The molecule has 1 aliphatic heterocycles. The van der Waals surface area contributed by atoms with Crippen molar-refractivity contribution in [1.29, 1.82) is 0 Å². The molecule has 0 aromatic heterocycles. The zero-order valence-electron chi connectivity index (χ0n) is 8.40. The molecule has 0 bridgehead atoms. The standard InChI is InChI=1S/C9H15NO4/c1-3-6(2)14-9(13)10-4-7(5-10)8(11)12/h6-7H,3-5H2,1-2H3,(H,11,12). The predicted molar refractivity (Wildman–Crippen MR) is 48.9 cm³/mol. The van der Waals surface area contributed by atoms with E-state index in [1.807, 2.05) is 13.8 Å². The molecule has 1 fully saturated rings. The van der Waals surface area contributed by atoms with E-state index in [9.17, 15) is 9.59 Å². The van der Waals surface area contributed by atoms with Crippen molar-refractivity contribution in [2.45, 2.75) is 26.4 Å². The Morgan fingerprint density at radius 2 is 2.14 bits per heavy atom. The first kappa shape index (κ1) is 10.8. The highest BCUT2D eigenvalue weighted by atomic mass is 16.6. The van der Waals surface area contributed by atoms with E-state index >= 15 is 0 Å². The van der Waals surface area contributed by atoms with Crippen molar-refractivity contribution in [2.75, 3.05) is 13.1 Å². The van der Waals surface area contributed by atoms with E-state index in [-0.39, 0.29) is 19.2 Å². The van der Waals surface area contributed by atoms with Gasteiger partial charge < -0.3 is 14.7 Å². The first-order chi connectivity index (χ1) is 6.54. The number of carbonyl (C=O) groups is 2. The normalized spacial score (nSPS) is 18.6. The summed E-state index contributed by atoms with van der Waals surface area (Å²) in [5.74, 6) is -1.27. The van der Waals surface area contributed by atoms with Gasteiger partial charge in [0.1, 0.15) is 6.10 Å². The Balaban J connectivity index is 2.26. The van der Waals surface area contributed by atoms with Gasteiger partial charge in [0.25, 0.3) is 0 Å². The number of likely N-dealkylation sites (tertiary alicyclic amines) is 1. The van der Waals surface area contributed by atoms with E-state index in [0.717, 1.165) is 6.42 Å². The van der Waals surface area contributed by atoms with Crippen LogP contribution in [0.15, 0.2) is 0 Å². The van der Waals surface area contributed by atoms with Crippen molar-refractivity contribution in [3.05, 3.63) is 0 Å². The molecular weight excluding hydrogens is 186 g/mol. The summed E-state index contributed by atoms with van der Waals surface area (Å²) in [6.45, 7) is 4.27. The van der Waals surface area contributed by atoms with Gasteiger partial charge in [-0.1, -0.05) is 6.92 Å². The fraction of sp³-hybridized carbons (Fsp3) is 0.778. The van der Waals surface area contributed by atoms with Crippen molar-refractivity contribution in [3.63, 3.8) is 0 Å². The lowest BCUT2D eigenvalue weighted by molar-refractivity contribution is -0.146. The third kappa shape index (κ3) is 2.37. The molecular formula is C9H15NO4. The second kappa shape index (κ2) is 4.30. The highest BCUT2D eigenvalue weighted by Crippen LogP contribution is 2.17. The van der Waals surface area contributed by atoms with Gasteiger partial charge in [0.2, 0.25) is 0 Å². The highest BCUT2D eigenvalue weighted by molar-refractivity contribution is 5.76. The van der Waals surface area contributed by atoms with Gasteiger partial charge in [0.05, 0.1) is 5.92 Å². The Morgan fingerprint density at radius 1 is 1.57 bits per heavy atom. The number of carboxylic acid groups (broad SMARTS) is 1. The van der Waals surface area contributed by atoms with Gasteiger partial charge in [-0.2, -0.15) is 0 Å². The van der Waals surface area contributed by atoms with Gasteiger partial charge in [0, 0.05) is 13.1 Å². The van der Waals surface area contributed by atoms with E-state index in [0.29, 0.717) is 0 Å². The number of carbonyl (C=O) groups excluding carboxylic acids is 1. The van der Waals surface area contributed by atoms with Crippen LogP contribution in [0.5, 0.6) is 0 Å². The molecule has 0 aromatic carbocycles. The van der Waals surface area contributed by atoms with E-state index in [4.69, 9.17) is 9.84 Å². The molecule has 0 aromatic rings. The number of ether oxygens (including phenoxy) is 1. The summed E-state index contributed by atoms with van der Waals surface area (Å²) < 4.78 is 5.03. The largest absolute Gasteiger partial charge is 0.481 e. The quantitative estimate of drug-likeness (QED) is 0.737. The molecule has 80 valence electrons. The minimum absolute atomic E-state index is 0.105. The molecule has 0 aliphatic carbocycles. The van der Waals surface area contributed by atoms with Crippen LogP contribution in [0, 0.1) is 5.92 Å². The van der Waals surface area contributed by atoms with Gasteiger partial charge in [-0.05, 0) is 13.3 Å². The molecule has 14 heavy (non-hydrogen) atoms. The monoisotopic (exact) mass is 201 g/mol. The van der Waals surface area contributed by atoms with Crippen LogP contribution in [0.2, 0.25) is 0 Å². The Kier molecular flexibility index (Phi) is 3.33. The molecule has 1 rings (SSSR count). The zero-order chi connectivity index (χ0) is 10.7. The smallest absolute Gasteiger partial charge is 0.410 e. The lowest BCUT2D eigenvalue weighted by Gasteiger charge is -2.36. The van der Waals surface area contributed by atoms with Gasteiger partial charge in [-0.15, -0.1) is 0 Å². The Morgan fingerprint density at radius 3 is 2.57 bits per heavy atom. The van der Waals surface area contributed by atoms with Crippen LogP contribution in [0.4, 0.5) is 4.79 Å². The Hall–Kier alpha value is -1.26. The summed E-state index contributed by atoms with van der Waals surface area (Å²) in [5, 5.41) is 8.58. The first-order valence-electron chi connectivity index (χ1n) is 4.73. The number of amides is 1. The average molecular weight is 201 g/mol. The van der Waals surface area contributed by atoms with Crippen molar-refractivity contribution in [1.82, 2.24) is 4.90 Å².